The molecular weight excluding hydrogens is 338 g/mol. The van der Waals surface area contributed by atoms with E-state index in [1.807, 2.05) is 30.3 Å². The van der Waals surface area contributed by atoms with Crippen molar-refractivity contribution >= 4 is 5.91 Å². The van der Waals surface area contributed by atoms with E-state index in [0.29, 0.717) is 26.2 Å². The lowest BCUT2D eigenvalue weighted by Crippen LogP contribution is -2.51. The first-order valence-electron chi connectivity index (χ1n) is 8.45. The van der Waals surface area contributed by atoms with Crippen molar-refractivity contribution in [3.8, 4) is 0 Å². The van der Waals surface area contributed by atoms with Crippen LogP contribution in [0.5, 0.6) is 0 Å². The van der Waals surface area contributed by atoms with E-state index in [2.05, 4.69) is 15.5 Å². The van der Waals surface area contributed by atoms with Gasteiger partial charge >= 0.3 is 0 Å². The average molecular weight is 359 g/mol. The van der Waals surface area contributed by atoms with E-state index < -0.39 is 11.1 Å². The van der Waals surface area contributed by atoms with E-state index in [9.17, 15) is 14.4 Å². The predicted molar refractivity (Wildman–Crippen MR) is 93.8 cm³/mol. The lowest BCUT2D eigenvalue weighted by atomic mass is 10.1. The fourth-order valence-electron chi connectivity index (χ4n) is 2.85. The van der Waals surface area contributed by atoms with E-state index in [4.69, 9.17) is 9.47 Å². The number of benzene rings is 1. The maximum absolute atomic E-state index is 12.3. The summed E-state index contributed by atoms with van der Waals surface area (Å²) in [5.41, 5.74) is 0.220. The summed E-state index contributed by atoms with van der Waals surface area (Å²) >= 11 is 0. The zero-order valence-corrected chi connectivity index (χ0v) is 14.2. The molecule has 1 aliphatic heterocycles. The minimum Gasteiger partial charge on any atom is -0.379 e. The largest absolute Gasteiger partial charge is 0.379 e. The number of nitrogens with one attached hydrogen (secondary N) is 3. The molecule has 0 spiro atoms. The molecule has 2 heterocycles. The predicted octanol–water partition coefficient (Wildman–Crippen LogP) is 0.0962. The molecule has 0 bridgehead atoms. The third-order valence-corrected chi connectivity index (χ3v) is 4.19. The number of carbonyl (C=O) groups is 1. The van der Waals surface area contributed by atoms with Crippen molar-refractivity contribution in [1.29, 1.82) is 0 Å². The quantitative estimate of drug-likeness (QED) is 0.677. The van der Waals surface area contributed by atoms with Gasteiger partial charge in [0.05, 0.1) is 31.8 Å². The Balaban J connectivity index is 1.58. The molecule has 1 amide bonds. The Bertz CT molecular complexity index is 846. The summed E-state index contributed by atoms with van der Waals surface area (Å²) in [6.45, 7) is 1.36. The van der Waals surface area contributed by atoms with Crippen LogP contribution in [-0.4, -0.2) is 41.5 Å². The minimum atomic E-state index is -0.489. The molecule has 0 radical (unpaired) electrons. The number of hydrogen-bond donors (Lipinski definition) is 3. The molecule has 1 aromatic heterocycles. The first kappa shape index (κ1) is 18.1. The van der Waals surface area contributed by atoms with Crippen molar-refractivity contribution < 1.29 is 14.3 Å². The van der Waals surface area contributed by atoms with E-state index in [1.165, 1.54) is 0 Å². The van der Waals surface area contributed by atoms with E-state index >= 15 is 0 Å². The fourth-order valence-corrected chi connectivity index (χ4v) is 2.85. The Kier molecular flexibility index (Phi) is 5.98. The molecule has 1 aromatic carbocycles. The summed E-state index contributed by atoms with van der Waals surface area (Å²) in [5, 5.41) is 7.22. The first-order valence-corrected chi connectivity index (χ1v) is 8.45. The smallest absolute Gasteiger partial charge is 0.266 e. The third-order valence-electron chi connectivity index (χ3n) is 4.19. The normalized spacial score (nSPS) is 19.8. The van der Waals surface area contributed by atoms with Gasteiger partial charge in [0.1, 0.15) is 0 Å². The van der Waals surface area contributed by atoms with Crippen molar-refractivity contribution in [2.45, 2.75) is 31.6 Å². The van der Waals surface area contributed by atoms with Gasteiger partial charge in [0.2, 0.25) is 5.91 Å². The van der Waals surface area contributed by atoms with Crippen LogP contribution in [0, 0.1) is 0 Å². The van der Waals surface area contributed by atoms with Crippen LogP contribution >= 0.6 is 0 Å². The highest BCUT2D eigenvalue weighted by Gasteiger charge is 2.28. The summed E-state index contributed by atoms with van der Waals surface area (Å²) in [6, 6.07) is 10.6. The van der Waals surface area contributed by atoms with Crippen molar-refractivity contribution in [2.24, 2.45) is 0 Å². The molecule has 0 saturated carbocycles. The molecule has 138 valence electrons. The second-order valence-corrected chi connectivity index (χ2v) is 6.16. The van der Waals surface area contributed by atoms with Gasteiger partial charge in [0.25, 0.3) is 11.1 Å². The standard InChI is InChI=1S/C18H21N3O5/c22-16(8-13-9-17(23)20-21-18(13)24)19-14-11-25-7-6-15(14)26-10-12-4-2-1-3-5-12/h1-5,9,14-15H,6-8,10-11H2,(H,19,22)(H,20,23)(H,21,24)/t14-,15+/m1/s1. The third kappa shape index (κ3) is 4.90. The van der Waals surface area contributed by atoms with Gasteiger partial charge in [-0.05, 0) is 12.0 Å². The van der Waals surface area contributed by atoms with Crippen molar-refractivity contribution in [2.75, 3.05) is 13.2 Å². The second kappa shape index (κ2) is 8.59. The van der Waals surface area contributed by atoms with Crippen LogP contribution in [0.2, 0.25) is 0 Å². The monoisotopic (exact) mass is 359 g/mol. The first-order chi connectivity index (χ1) is 12.6. The molecule has 1 saturated heterocycles. The van der Waals surface area contributed by atoms with Crippen LogP contribution in [0.1, 0.15) is 17.5 Å². The summed E-state index contributed by atoms with van der Waals surface area (Å²) in [5.74, 6) is -0.357. The highest BCUT2D eigenvalue weighted by molar-refractivity contribution is 5.78. The van der Waals surface area contributed by atoms with Gasteiger partial charge in [0.15, 0.2) is 0 Å². The molecule has 2 atom stereocenters. The van der Waals surface area contributed by atoms with Gasteiger partial charge in [-0.2, -0.15) is 0 Å². The Labute approximate surface area is 149 Å². The number of ether oxygens (including phenoxy) is 2. The number of aromatic amines is 2. The molecule has 8 nitrogen and oxygen atoms in total. The number of H-pyrrole nitrogens is 2. The molecule has 0 unspecified atom stereocenters. The van der Waals surface area contributed by atoms with Crippen LogP contribution in [0.4, 0.5) is 0 Å². The van der Waals surface area contributed by atoms with Crippen molar-refractivity contribution in [1.82, 2.24) is 15.5 Å². The molecule has 0 aliphatic carbocycles. The van der Waals surface area contributed by atoms with Crippen LogP contribution in [0.3, 0.4) is 0 Å². The molecule has 2 aromatic rings. The zero-order valence-electron chi connectivity index (χ0n) is 14.2. The van der Waals surface area contributed by atoms with Crippen LogP contribution in [-0.2, 0) is 27.3 Å². The minimum absolute atomic E-state index is 0.115. The van der Waals surface area contributed by atoms with E-state index in [-0.39, 0.29) is 30.0 Å². The highest BCUT2D eigenvalue weighted by atomic mass is 16.5. The Morgan fingerprint density at radius 3 is 2.85 bits per heavy atom. The van der Waals surface area contributed by atoms with Crippen molar-refractivity contribution in [3.05, 3.63) is 68.2 Å². The number of carbonyl (C=O) groups excluding carboxylic acids is 1. The zero-order chi connectivity index (χ0) is 18.4. The summed E-state index contributed by atoms with van der Waals surface area (Å²) in [7, 11) is 0. The number of rotatable bonds is 6. The molecule has 1 fully saturated rings. The SMILES string of the molecule is O=C(Cc1cc(=O)[nH][nH]c1=O)N[C@@H]1COCC[C@@H]1OCc1ccccc1. The Hall–Kier alpha value is -2.71. The van der Waals surface area contributed by atoms with E-state index in [1.54, 1.807) is 0 Å². The maximum atomic E-state index is 12.3. The summed E-state index contributed by atoms with van der Waals surface area (Å²) in [4.78, 5) is 35.2. The number of hydrogen-bond acceptors (Lipinski definition) is 5. The highest BCUT2D eigenvalue weighted by Crippen LogP contribution is 2.14. The lowest BCUT2D eigenvalue weighted by Gasteiger charge is -2.32. The second-order valence-electron chi connectivity index (χ2n) is 6.16. The van der Waals surface area contributed by atoms with E-state index in [0.717, 1.165) is 11.6 Å². The van der Waals surface area contributed by atoms with Crippen molar-refractivity contribution in [3.63, 3.8) is 0 Å². The molecule has 1 aliphatic rings. The van der Waals surface area contributed by atoms with Crippen LogP contribution < -0.4 is 16.4 Å². The Morgan fingerprint density at radius 2 is 2.04 bits per heavy atom. The van der Waals surface area contributed by atoms with Gasteiger partial charge in [-0.25, -0.2) is 0 Å². The van der Waals surface area contributed by atoms with Crippen LogP contribution in [0.15, 0.2) is 46.0 Å². The van der Waals surface area contributed by atoms with Gasteiger partial charge in [-0.15, -0.1) is 0 Å². The summed E-state index contributed by atoms with van der Waals surface area (Å²) < 4.78 is 11.4. The lowest BCUT2D eigenvalue weighted by molar-refractivity contribution is -0.125. The molecular formula is C18H21N3O5. The topological polar surface area (TPSA) is 113 Å². The molecule has 3 rings (SSSR count). The van der Waals surface area contributed by atoms with Crippen LogP contribution in [0.25, 0.3) is 0 Å². The number of amides is 1. The maximum Gasteiger partial charge on any atom is 0.266 e. The number of aromatic nitrogens is 2. The van der Waals surface area contributed by atoms with Gasteiger partial charge in [0, 0.05) is 18.2 Å². The van der Waals surface area contributed by atoms with Gasteiger partial charge in [-0.3, -0.25) is 24.6 Å². The molecule has 3 N–H and O–H groups in total. The van der Waals surface area contributed by atoms with Gasteiger partial charge in [-0.1, -0.05) is 30.3 Å². The summed E-state index contributed by atoms with van der Waals surface area (Å²) in [6.07, 6.45) is 0.315. The Morgan fingerprint density at radius 1 is 1.23 bits per heavy atom. The molecule has 26 heavy (non-hydrogen) atoms. The fraction of sp³-hybridized carbons (Fsp3) is 0.389. The van der Waals surface area contributed by atoms with Gasteiger partial charge < -0.3 is 14.8 Å². The average Bonchev–Trinajstić information content (AvgIpc) is 2.65. The molecule has 8 heteroatoms.